The average molecular weight is 322 g/mol. The van der Waals surface area contributed by atoms with Crippen molar-refractivity contribution in [2.75, 3.05) is 0 Å². The van der Waals surface area contributed by atoms with Crippen LogP contribution in [-0.2, 0) is 12.8 Å². The van der Waals surface area contributed by atoms with Crippen LogP contribution in [0.1, 0.15) is 25.0 Å². The second kappa shape index (κ2) is 11.8. The summed E-state index contributed by atoms with van der Waals surface area (Å²) in [6.45, 7) is 4.36. The van der Waals surface area contributed by atoms with Crippen molar-refractivity contribution in [3.05, 3.63) is 96.1 Å². The minimum absolute atomic E-state index is 0.322. The second-order valence-electron chi connectivity index (χ2n) is 5.19. The van der Waals surface area contributed by atoms with Gasteiger partial charge < -0.3 is 10.2 Å². The summed E-state index contributed by atoms with van der Waals surface area (Å²) in [5.74, 6) is 0.644. The highest BCUT2D eigenvalue weighted by Crippen LogP contribution is 2.05. The summed E-state index contributed by atoms with van der Waals surface area (Å²) >= 11 is 0. The molecular formula is C22H26O2. The predicted molar refractivity (Wildman–Crippen MR) is 101 cm³/mol. The highest BCUT2D eigenvalue weighted by atomic mass is 16.3. The van der Waals surface area contributed by atoms with Crippen molar-refractivity contribution in [1.82, 2.24) is 0 Å². The van der Waals surface area contributed by atoms with Gasteiger partial charge in [-0.3, -0.25) is 0 Å². The van der Waals surface area contributed by atoms with E-state index in [1.165, 1.54) is 11.1 Å². The van der Waals surface area contributed by atoms with Gasteiger partial charge in [-0.05, 0) is 48.2 Å². The van der Waals surface area contributed by atoms with Gasteiger partial charge in [0.15, 0.2) is 0 Å². The number of hydrogen-bond donors (Lipinski definition) is 2. The molecule has 2 nitrogen and oxygen atoms in total. The molecule has 0 amide bonds. The Morgan fingerprint density at radius 1 is 0.500 bits per heavy atom. The number of aryl methyl sites for hydroxylation is 2. The zero-order valence-electron chi connectivity index (χ0n) is 14.4. The van der Waals surface area contributed by atoms with Crippen molar-refractivity contribution >= 4 is 0 Å². The highest BCUT2D eigenvalue weighted by molar-refractivity contribution is 5.22. The molecule has 0 aliphatic carbocycles. The molecule has 2 heteroatoms. The van der Waals surface area contributed by atoms with Gasteiger partial charge in [-0.1, -0.05) is 74.5 Å². The second-order valence-corrected chi connectivity index (χ2v) is 5.19. The molecule has 0 aromatic heterocycles. The van der Waals surface area contributed by atoms with Gasteiger partial charge in [0.1, 0.15) is 11.5 Å². The Morgan fingerprint density at radius 2 is 0.792 bits per heavy atom. The molecule has 0 heterocycles. The van der Waals surface area contributed by atoms with E-state index < -0.39 is 0 Å². The molecule has 3 aromatic carbocycles. The van der Waals surface area contributed by atoms with Gasteiger partial charge in [0.25, 0.3) is 0 Å². The van der Waals surface area contributed by atoms with E-state index in [9.17, 15) is 0 Å². The summed E-state index contributed by atoms with van der Waals surface area (Å²) in [7, 11) is 0. The van der Waals surface area contributed by atoms with Gasteiger partial charge >= 0.3 is 0 Å². The number of hydrogen-bond acceptors (Lipinski definition) is 2. The van der Waals surface area contributed by atoms with Crippen molar-refractivity contribution in [3.8, 4) is 11.5 Å². The lowest BCUT2D eigenvalue weighted by Gasteiger charge is -1.97. The molecule has 0 radical (unpaired) electrons. The van der Waals surface area contributed by atoms with Crippen LogP contribution >= 0.6 is 0 Å². The Balaban J connectivity index is 0.000000185. The summed E-state index contributed by atoms with van der Waals surface area (Å²) in [5.41, 5.74) is 2.86. The van der Waals surface area contributed by atoms with Crippen molar-refractivity contribution in [3.63, 3.8) is 0 Å². The summed E-state index contributed by atoms with van der Waals surface area (Å²) in [4.78, 5) is 0. The van der Waals surface area contributed by atoms with Crippen LogP contribution in [0.3, 0.4) is 0 Å². The van der Waals surface area contributed by atoms with Crippen molar-refractivity contribution in [2.45, 2.75) is 26.7 Å². The lowest BCUT2D eigenvalue weighted by molar-refractivity contribution is 0.475. The first kappa shape index (κ1) is 19.3. The fourth-order valence-electron chi connectivity index (χ4n) is 1.87. The van der Waals surface area contributed by atoms with Crippen LogP contribution in [0.5, 0.6) is 11.5 Å². The van der Waals surface area contributed by atoms with Gasteiger partial charge in [0.05, 0.1) is 0 Å². The van der Waals surface area contributed by atoms with Gasteiger partial charge in [0, 0.05) is 0 Å². The topological polar surface area (TPSA) is 40.5 Å². The third-order valence-electron chi connectivity index (χ3n) is 3.35. The highest BCUT2D eigenvalue weighted by Gasteiger charge is 1.88. The largest absolute Gasteiger partial charge is 0.508 e. The first-order valence-corrected chi connectivity index (χ1v) is 8.21. The first-order chi connectivity index (χ1) is 11.7. The molecule has 2 N–H and O–H groups in total. The minimum atomic E-state index is 0.322. The Labute approximate surface area is 145 Å². The summed E-state index contributed by atoms with van der Waals surface area (Å²) in [6.07, 6.45) is 2.29. The third kappa shape index (κ3) is 8.64. The molecule has 0 aliphatic heterocycles. The predicted octanol–water partition coefficient (Wildman–Crippen LogP) is 5.60. The summed E-state index contributed by atoms with van der Waals surface area (Å²) in [6, 6.07) is 26.3. The maximum Gasteiger partial charge on any atom is 0.115 e. The number of aromatic hydroxyl groups is 2. The molecule has 0 spiro atoms. The smallest absolute Gasteiger partial charge is 0.115 e. The van der Waals surface area contributed by atoms with E-state index in [0.717, 1.165) is 12.8 Å². The molecule has 126 valence electrons. The maximum atomic E-state index is 8.63. The number of para-hydroxylation sites is 2. The van der Waals surface area contributed by atoms with E-state index >= 15 is 0 Å². The van der Waals surface area contributed by atoms with Gasteiger partial charge in [-0.2, -0.15) is 0 Å². The van der Waals surface area contributed by atoms with Crippen molar-refractivity contribution in [1.29, 1.82) is 0 Å². The van der Waals surface area contributed by atoms with Crippen LogP contribution in [-0.4, -0.2) is 10.2 Å². The lowest BCUT2D eigenvalue weighted by Crippen LogP contribution is -1.81. The third-order valence-corrected chi connectivity index (χ3v) is 3.35. The number of benzene rings is 3. The Morgan fingerprint density at radius 3 is 0.958 bits per heavy atom. The molecule has 0 fully saturated rings. The van der Waals surface area contributed by atoms with E-state index in [2.05, 4.69) is 38.1 Å². The number of phenols is 2. The average Bonchev–Trinajstić information content (AvgIpc) is 2.64. The molecule has 0 atom stereocenters. The van der Waals surface area contributed by atoms with Gasteiger partial charge in [0.2, 0.25) is 0 Å². The van der Waals surface area contributed by atoms with E-state index in [-0.39, 0.29) is 0 Å². The van der Waals surface area contributed by atoms with E-state index in [1.54, 1.807) is 48.5 Å². The number of phenolic OH excluding ortho intramolecular Hbond substituents is 2. The van der Waals surface area contributed by atoms with Crippen LogP contribution in [0.2, 0.25) is 0 Å². The lowest BCUT2D eigenvalue weighted by atomic mass is 10.1. The van der Waals surface area contributed by atoms with E-state index in [1.807, 2.05) is 12.1 Å². The Hall–Kier alpha value is -2.74. The maximum absolute atomic E-state index is 8.63. The molecular weight excluding hydrogens is 296 g/mol. The molecule has 3 aromatic rings. The molecule has 0 bridgehead atoms. The van der Waals surface area contributed by atoms with Crippen LogP contribution in [0.15, 0.2) is 84.9 Å². The van der Waals surface area contributed by atoms with Gasteiger partial charge in [-0.15, -0.1) is 0 Å². The van der Waals surface area contributed by atoms with E-state index in [4.69, 9.17) is 10.2 Å². The quantitative estimate of drug-likeness (QED) is 0.645. The molecule has 0 unspecified atom stereocenters. The van der Waals surface area contributed by atoms with Crippen LogP contribution in [0.25, 0.3) is 0 Å². The van der Waals surface area contributed by atoms with Crippen LogP contribution < -0.4 is 0 Å². The van der Waals surface area contributed by atoms with Gasteiger partial charge in [-0.25, -0.2) is 0 Å². The summed E-state index contributed by atoms with van der Waals surface area (Å²) < 4.78 is 0. The molecule has 0 aliphatic rings. The fourth-order valence-corrected chi connectivity index (χ4v) is 1.87. The van der Waals surface area contributed by atoms with Crippen molar-refractivity contribution < 1.29 is 10.2 Å². The molecule has 0 saturated heterocycles. The summed E-state index contributed by atoms with van der Waals surface area (Å²) in [5, 5.41) is 17.3. The minimum Gasteiger partial charge on any atom is -0.508 e. The molecule has 0 saturated carbocycles. The zero-order valence-corrected chi connectivity index (χ0v) is 14.4. The fraction of sp³-hybridized carbons (Fsp3) is 0.182. The number of rotatable bonds is 2. The van der Waals surface area contributed by atoms with Crippen LogP contribution in [0.4, 0.5) is 0 Å². The molecule has 24 heavy (non-hydrogen) atoms. The monoisotopic (exact) mass is 322 g/mol. The van der Waals surface area contributed by atoms with Crippen molar-refractivity contribution in [2.24, 2.45) is 0 Å². The zero-order chi connectivity index (χ0) is 17.6. The molecule has 3 rings (SSSR count). The SMILES string of the molecule is CCc1ccc(CC)cc1.Oc1ccccc1.Oc1ccccc1. The normalized spacial score (nSPS) is 9.08. The Bertz CT molecular complexity index is 586. The van der Waals surface area contributed by atoms with E-state index in [0.29, 0.717) is 11.5 Å². The standard InChI is InChI=1S/C10H14.2C6H6O/c1-3-9-5-7-10(4-2)8-6-9;2*7-6-4-2-1-3-5-6/h5-8H,3-4H2,1-2H3;2*1-5,7H. The Kier molecular flexibility index (Phi) is 9.48. The van der Waals surface area contributed by atoms with Crippen LogP contribution in [0, 0.1) is 0 Å². The first-order valence-electron chi connectivity index (χ1n) is 8.21.